The van der Waals surface area contributed by atoms with Gasteiger partial charge in [0.05, 0.1) is 6.54 Å². The third-order valence-corrected chi connectivity index (χ3v) is 7.39. The molecule has 0 aliphatic carbocycles. The highest BCUT2D eigenvalue weighted by atomic mass is 32.1. The molecule has 5 amide bonds. The molecule has 0 saturated carbocycles. The lowest BCUT2D eigenvalue weighted by atomic mass is 10.1. The number of aryl methyl sites for hydroxylation is 1. The Kier molecular flexibility index (Phi) is 7.79. The minimum Gasteiger partial charge on any atom is -0.336 e. The number of hydrogen-bond donors (Lipinski definition) is 4. The second-order valence-electron chi connectivity index (χ2n) is 9.87. The zero-order valence-electron chi connectivity index (χ0n) is 21.9. The zero-order valence-corrected chi connectivity index (χ0v) is 22.7. The van der Waals surface area contributed by atoms with Crippen LogP contribution >= 0.6 is 11.3 Å². The van der Waals surface area contributed by atoms with Gasteiger partial charge in [0.2, 0.25) is 5.91 Å². The molecule has 8 nitrogen and oxygen atoms in total. The first kappa shape index (κ1) is 26.2. The average molecular weight is 542 g/mol. The van der Waals surface area contributed by atoms with Gasteiger partial charge in [0.25, 0.3) is 0 Å². The van der Waals surface area contributed by atoms with Crippen molar-refractivity contribution in [2.24, 2.45) is 0 Å². The molecule has 4 N–H and O–H groups in total. The van der Waals surface area contributed by atoms with E-state index in [9.17, 15) is 14.4 Å². The van der Waals surface area contributed by atoms with Crippen LogP contribution in [0.5, 0.6) is 0 Å². The van der Waals surface area contributed by atoms with Crippen LogP contribution in [0.15, 0.2) is 78.2 Å². The second kappa shape index (κ2) is 11.6. The van der Waals surface area contributed by atoms with Gasteiger partial charge in [0, 0.05) is 27.8 Å². The van der Waals surface area contributed by atoms with Crippen LogP contribution in [0, 0.1) is 0 Å². The molecular weight excluding hydrogens is 510 g/mol. The third kappa shape index (κ3) is 6.38. The van der Waals surface area contributed by atoms with Crippen LogP contribution < -0.4 is 26.2 Å². The van der Waals surface area contributed by atoms with Crippen molar-refractivity contribution in [3.8, 4) is 0 Å². The molecule has 1 unspecified atom stereocenters. The molecule has 0 spiro atoms. The smallest absolute Gasteiger partial charge is 0.319 e. The summed E-state index contributed by atoms with van der Waals surface area (Å²) in [5.74, 6) is -0.181. The summed E-state index contributed by atoms with van der Waals surface area (Å²) in [7, 11) is 0. The number of carbonyl (C=O) groups excluding carboxylic acids is 3. The Morgan fingerprint density at radius 1 is 0.949 bits per heavy atom. The number of urea groups is 2. The fraction of sp³-hybridized carbons (Fsp3) is 0.233. The van der Waals surface area contributed by atoms with Crippen LogP contribution in [0.25, 0.3) is 10.1 Å². The van der Waals surface area contributed by atoms with Gasteiger partial charge in [-0.2, -0.15) is 0 Å². The van der Waals surface area contributed by atoms with Gasteiger partial charge in [0.15, 0.2) is 0 Å². The van der Waals surface area contributed by atoms with Gasteiger partial charge in [-0.15, -0.1) is 11.3 Å². The summed E-state index contributed by atoms with van der Waals surface area (Å²) in [6.45, 7) is 4.09. The molecule has 200 valence electrons. The number of anilines is 3. The Morgan fingerprint density at radius 2 is 1.74 bits per heavy atom. The van der Waals surface area contributed by atoms with E-state index >= 15 is 0 Å². The lowest BCUT2D eigenvalue weighted by Gasteiger charge is -2.26. The lowest BCUT2D eigenvalue weighted by Crippen LogP contribution is -2.49. The number of thiophene rings is 1. The summed E-state index contributed by atoms with van der Waals surface area (Å²) >= 11 is 1.61. The monoisotopic (exact) mass is 541 g/mol. The molecule has 1 aliphatic heterocycles. The van der Waals surface area contributed by atoms with Crippen LogP contribution in [0.1, 0.15) is 31.4 Å². The van der Waals surface area contributed by atoms with Gasteiger partial charge in [-0.05, 0) is 85.0 Å². The van der Waals surface area contributed by atoms with Crippen LogP contribution in [0.3, 0.4) is 0 Å². The second-order valence-corrected chi connectivity index (χ2v) is 10.8. The van der Waals surface area contributed by atoms with E-state index in [1.807, 2.05) is 92.0 Å². The molecular formula is C30H31N5O3S. The summed E-state index contributed by atoms with van der Waals surface area (Å²) in [6.07, 6.45) is 1.14. The highest BCUT2D eigenvalue weighted by Gasteiger charge is 2.31. The largest absolute Gasteiger partial charge is 0.336 e. The van der Waals surface area contributed by atoms with Gasteiger partial charge in [0.1, 0.15) is 6.04 Å². The lowest BCUT2D eigenvalue weighted by molar-refractivity contribution is -0.120. The van der Waals surface area contributed by atoms with Crippen molar-refractivity contribution in [2.75, 3.05) is 15.5 Å². The number of para-hydroxylation sites is 1. The van der Waals surface area contributed by atoms with Gasteiger partial charge < -0.3 is 26.2 Å². The fourth-order valence-corrected chi connectivity index (χ4v) is 5.56. The van der Waals surface area contributed by atoms with Crippen molar-refractivity contribution < 1.29 is 14.4 Å². The molecule has 5 rings (SSSR count). The van der Waals surface area contributed by atoms with E-state index < -0.39 is 12.1 Å². The van der Waals surface area contributed by atoms with Crippen molar-refractivity contribution in [1.82, 2.24) is 10.6 Å². The molecule has 9 heteroatoms. The van der Waals surface area contributed by atoms with Crippen molar-refractivity contribution in [3.63, 3.8) is 0 Å². The van der Waals surface area contributed by atoms with Gasteiger partial charge >= 0.3 is 12.1 Å². The highest BCUT2D eigenvalue weighted by molar-refractivity contribution is 7.17. The first-order chi connectivity index (χ1) is 18.9. The quantitative estimate of drug-likeness (QED) is 0.237. The van der Waals surface area contributed by atoms with Crippen molar-refractivity contribution in [2.45, 2.75) is 45.3 Å². The minimum atomic E-state index is -0.694. The van der Waals surface area contributed by atoms with E-state index in [1.165, 1.54) is 0 Å². The van der Waals surface area contributed by atoms with E-state index in [0.29, 0.717) is 30.8 Å². The van der Waals surface area contributed by atoms with E-state index in [2.05, 4.69) is 21.3 Å². The maximum atomic E-state index is 13.8. The molecule has 1 aliphatic rings. The minimum absolute atomic E-state index is 0.0135. The molecule has 0 radical (unpaired) electrons. The summed E-state index contributed by atoms with van der Waals surface area (Å²) in [5.41, 5.74) is 4.04. The number of rotatable bonds is 6. The van der Waals surface area contributed by atoms with Crippen LogP contribution in [0.2, 0.25) is 0 Å². The number of carbonyl (C=O) groups is 3. The third-order valence-electron chi connectivity index (χ3n) is 6.51. The predicted octanol–water partition coefficient (Wildman–Crippen LogP) is 6.10. The number of nitrogens with one attached hydrogen (secondary N) is 4. The summed E-state index contributed by atoms with van der Waals surface area (Å²) in [5, 5.41) is 14.6. The number of benzene rings is 3. The first-order valence-electron chi connectivity index (χ1n) is 13.0. The van der Waals surface area contributed by atoms with E-state index in [4.69, 9.17) is 0 Å². The van der Waals surface area contributed by atoms with Crippen LogP contribution in [0.4, 0.5) is 26.7 Å². The molecule has 0 fully saturated rings. The molecule has 3 aromatic carbocycles. The Labute approximate surface area is 231 Å². The molecule has 0 bridgehead atoms. The van der Waals surface area contributed by atoms with Gasteiger partial charge in [-0.25, -0.2) is 9.59 Å². The van der Waals surface area contributed by atoms with Gasteiger partial charge in [-0.3, -0.25) is 4.79 Å². The fourth-order valence-electron chi connectivity index (χ4n) is 4.73. The summed E-state index contributed by atoms with van der Waals surface area (Å²) < 4.78 is 1.08. The highest BCUT2D eigenvalue weighted by Crippen LogP contribution is 2.29. The summed E-state index contributed by atoms with van der Waals surface area (Å²) in [6, 6.07) is 21.7. The molecule has 0 saturated heterocycles. The maximum Gasteiger partial charge on any atom is 0.319 e. The molecule has 1 atom stereocenters. The number of amides is 5. The zero-order chi connectivity index (χ0) is 27.4. The molecule has 2 heterocycles. The van der Waals surface area contributed by atoms with Crippen LogP contribution in [-0.4, -0.2) is 30.1 Å². The molecule has 39 heavy (non-hydrogen) atoms. The Morgan fingerprint density at radius 3 is 2.59 bits per heavy atom. The Bertz CT molecular complexity index is 1520. The van der Waals surface area contributed by atoms with Crippen molar-refractivity contribution >= 4 is 56.5 Å². The normalized spacial score (nSPS) is 15.0. The molecule has 4 aromatic rings. The number of fused-ring (bicyclic) bond motifs is 2. The van der Waals surface area contributed by atoms with Crippen LogP contribution in [-0.2, 0) is 17.8 Å². The first-order valence-corrected chi connectivity index (χ1v) is 13.8. The summed E-state index contributed by atoms with van der Waals surface area (Å²) in [4.78, 5) is 40.7. The Hall–Kier alpha value is -4.37. The van der Waals surface area contributed by atoms with E-state index in [0.717, 1.165) is 26.9 Å². The van der Waals surface area contributed by atoms with Crippen molar-refractivity contribution in [1.29, 1.82) is 0 Å². The van der Waals surface area contributed by atoms with Gasteiger partial charge in [-0.1, -0.05) is 36.4 Å². The SMILES string of the molecule is CC(C)NC(=O)Nc1cccc(CN2C(=O)C(NC(=O)Nc3ccc4ccsc4c3)CCc3ccccc32)c1. The Balaban J connectivity index is 1.33. The standard InChI is InChI=1S/C30H31N5O3S/c1-19(2)31-29(37)32-23-8-5-6-20(16-23)18-35-26-9-4-3-7-21(26)11-13-25(28(35)36)34-30(38)33-24-12-10-22-14-15-39-27(22)17-24/h3-10,12,14-17,19,25H,11,13,18H2,1-2H3,(H2,31,32,37)(H2,33,34,38). The van der Waals surface area contributed by atoms with E-state index in [-0.39, 0.29) is 18.0 Å². The van der Waals surface area contributed by atoms with Crippen molar-refractivity contribution in [3.05, 3.63) is 89.3 Å². The van der Waals surface area contributed by atoms with E-state index in [1.54, 1.807) is 16.2 Å². The average Bonchev–Trinajstić information content (AvgIpc) is 3.33. The molecule has 1 aromatic heterocycles. The number of nitrogens with zero attached hydrogens (tertiary/aromatic N) is 1. The topological polar surface area (TPSA) is 103 Å². The maximum absolute atomic E-state index is 13.8. The predicted molar refractivity (Wildman–Crippen MR) is 157 cm³/mol. The number of hydrogen-bond acceptors (Lipinski definition) is 4.